The molecule has 1 N–H and O–H groups in total. The van der Waals surface area contributed by atoms with Gasteiger partial charge >= 0.3 is 0 Å². The number of thiazole rings is 1. The summed E-state index contributed by atoms with van der Waals surface area (Å²) in [6, 6.07) is 18.8. The maximum absolute atomic E-state index is 6.27. The van der Waals surface area contributed by atoms with Crippen molar-refractivity contribution in [3.05, 3.63) is 76.2 Å². The van der Waals surface area contributed by atoms with Crippen molar-refractivity contribution in [1.82, 2.24) is 4.98 Å². The van der Waals surface area contributed by atoms with E-state index in [2.05, 4.69) is 10.3 Å². The number of para-hydroxylation sites is 2. The Kier molecular flexibility index (Phi) is 4.49. The number of nitrogens with zero attached hydrogens (tertiary/aromatic N) is 1. The van der Waals surface area contributed by atoms with Crippen molar-refractivity contribution in [2.75, 3.05) is 5.32 Å². The van der Waals surface area contributed by atoms with Crippen molar-refractivity contribution in [1.29, 1.82) is 0 Å². The summed E-state index contributed by atoms with van der Waals surface area (Å²) in [5, 5.41) is 4.52. The summed E-state index contributed by atoms with van der Waals surface area (Å²) in [7, 11) is 0. The molecule has 0 saturated carbocycles. The van der Waals surface area contributed by atoms with Crippen molar-refractivity contribution in [2.24, 2.45) is 0 Å². The van der Waals surface area contributed by atoms with Gasteiger partial charge in [-0.15, -0.1) is 11.3 Å². The molecule has 3 nitrogen and oxygen atoms in total. The summed E-state index contributed by atoms with van der Waals surface area (Å²) in [5.41, 5.74) is 4.28. The number of ether oxygens (including phenoxy) is 1. The van der Waals surface area contributed by atoms with Crippen LogP contribution in [0, 0.1) is 0 Å². The van der Waals surface area contributed by atoms with Crippen LogP contribution in [0.15, 0.2) is 66.2 Å². The zero-order valence-electron chi connectivity index (χ0n) is 12.9. The summed E-state index contributed by atoms with van der Waals surface area (Å²) in [6.07, 6.45) is 0. The fourth-order valence-corrected chi connectivity index (χ4v) is 3.48. The molecule has 0 fully saturated rings. The molecule has 0 amide bonds. The molecule has 4 rings (SSSR count). The summed E-state index contributed by atoms with van der Waals surface area (Å²) in [5.74, 6) is 1.22. The van der Waals surface area contributed by atoms with Crippen molar-refractivity contribution in [3.63, 3.8) is 0 Å². The number of hydrogen-bond acceptors (Lipinski definition) is 4. The fraction of sp³-hybridized carbons (Fsp3) is 0. The molecule has 0 spiro atoms. The Morgan fingerprint density at radius 2 is 1.60 bits per heavy atom. The van der Waals surface area contributed by atoms with E-state index in [1.807, 2.05) is 60.1 Å². The second-order valence-corrected chi connectivity index (χ2v) is 7.01. The average Bonchev–Trinajstić information content (AvgIpc) is 3.06. The Balaban J connectivity index is 1.78. The van der Waals surface area contributed by atoms with E-state index in [0.29, 0.717) is 21.5 Å². The van der Waals surface area contributed by atoms with Gasteiger partial charge in [0.1, 0.15) is 5.75 Å². The summed E-state index contributed by atoms with van der Waals surface area (Å²) in [4.78, 5) is 4.36. The van der Waals surface area contributed by atoms with E-state index in [9.17, 15) is 0 Å². The van der Waals surface area contributed by atoms with Crippen molar-refractivity contribution >= 4 is 56.1 Å². The predicted octanol–water partition coefficient (Wildman–Crippen LogP) is 7.14. The first-order valence-corrected chi connectivity index (χ1v) is 9.15. The normalized spacial score (nSPS) is 10.8. The number of rotatable bonds is 4. The number of hydrogen-bond donors (Lipinski definition) is 1. The topological polar surface area (TPSA) is 34.2 Å². The van der Waals surface area contributed by atoms with E-state index in [4.69, 9.17) is 27.9 Å². The average molecular weight is 387 g/mol. The highest BCUT2D eigenvalue weighted by Gasteiger charge is 2.12. The second kappa shape index (κ2) is 6.92. The molecular formula is C19H12Cl2N2OS. The first-order valence-electron chi connectivity index (χ1n) is 7.52. The first kappa shape index (κ1) is 16.2. The number of aromatic nitrogens is 1. The van der Waals surface area contributed by atoms with E-state index in [1.54, 1.807) is 17.4 Å². The van der Waals surface area contributed by atoms with Gasteiger partial charge in [-0.2, -0.15) is 0 Å². The van der Waals surface area contributed by atoms with Crippen LogP contribution in [0.2, 0.25) is 10.0 Å². The fourth-order valence-electron chi connectivity index (χ4n) is 2.42. The Morgan fingerprint density at radius 3 is 2.40 bits per heavy atom. The Bertz CT molecular complexity index is 967. The van der Waals surface area contributed by atoms with Gasteiger partial charge in [0.2, 0.25) is 0 Å². The van der Waals surface area contributed by atoms with Crippen LogP contribution in [0.5, 0.6) is 11.5 Å². The van der Waals surface area contributed by atoms with Crippen LogP contribution in [0.25, 0.3) is 10.2 Å². The molecule has 0 atom stereocenters. The lowest BCUT2D eigenvalue weighted by molar-refractivity contribution is 0.486. The summed E-state index contributed by atoms with van der Waals surface area (Å²) >= 11 is 14.1. The number of anilines is 2. The lowest BCUT2D eigenvalue weighted by Gasteiger charge is -2.15. The molecule has 4 aromatic rings. The molecule has 124 valence electrons. The van der Waals surface area contributed by atoms with Crippen LogP contribution in [0.4, 0.5) is 11.4 Å². The largest absolute Gasteiger partial charge is 0.454 e. The number of fused-ring (bicyclic) bond motifs is 1. The van der Waals surface area contributed by atoms with Gasteiger partial charge in [0.15, 0.2) is 5.75 Å². The van der Waals surface area contributed by atoms with E-state index in [1.165, 1.54) is 0 Å². The third-order valence-electron chi connectivity index (χ3n) is 3.63. The van der Waals surface area contributed by atoms with Gasteiger partial charge in [-0.1, -0.05) is 47.5 Å². The molecule has 0 unspecified atom stereocenters. The SMILES string of the molecule is Clc1ccccc1Nc1cc2scnc2cc1Oc1ccccc1Cl. The molecule has 0 aliphatic rings. The highest BCUT2D eigenvalue weighted by molar-refractivity contribution is 7.16. The van der Waals surface area contributed by atoms with E-state index in [0.717, 1.165) is 21.6 Å². The molecule has 0 saturated heterocycles. The van der Waals surface area contributed by atoms with E-state index >= 15 is 0 Å². The number of benzene rings is 3. The van der Waals surface area contributed by atoms with Gasteiger partial charge in [-0.05, 0) is 30.3 Å². The minimum Gasteiger partial charge on any atom is -0.454 e. The van der Waals surface area contributed by atoms with Gasteiger partial charge in [-0.3, -0.25) is 0 Å². The van der Waals surface area contributed by atoms with Crippen LogP contribution in [-0.2, 0) is 0 Å². The van der Waals surface area contributed by atoms with Crippen LogP contribution in [0.3, 0.4) is 0 Å². The molecule has 1 aromatic heterocycles. The third-order valence-corrected chi connectivity index (χ3v) is 5.07. The van der Waals surface area contributed by atoms with Crippen molar-refractivity contribution in [2.45, 2.75) is 0 Å². The van der Waals surface area contributed by atoms with Crippen LogP contribution in [-0.4, -0.2) is 4.98 Å². The highest BCUT2D eigenvalue weighted by Crippen LogP contribution is 2.39. The third kappa shape index (κ3) is 3.42. The smallest absolute Gasteiger partial charge is 0.153 e. The van der Waals surface area contributed by atoms with Crippen LogP contribution >= 0.6 is 34.5 Å². The second-order valence-electron chi connectivity index (χ2n) is 5.31. The molecular weight excluding hydrogens is 375 g/mol. The van der Waals surface area contributed by atoms with Gasteiger partial charge in [0, 0.05) is 6.07 Å². The van der Waals surface area contributed by atoms with Crippen molar-refractivity contribution in [3.8, 4) is 11.5 Å². The Hall–Kier alpha value is -2.27. The maximum atomic E-state index is 6.27. The molecule has 25 heavy (non-hydrogen) atoms. The van der Waals surface area contributed by atoms with Gasteiger partial charge in [0.05, 0.1) is 37.1 Å². The molecule has 1 heterocycles. The minimum absolute atomic E-state index is 0.546. The van der Waals surface area contributed by atoms with Crippen molar-refractivity contribution < 1.29 is 4.74 Å². The zero-order chi connectivity index (χ0) is 17.2. The first-order chi connectivity index (χ1) is 12.2. The number of halogens is 2. The predicted molar refractivity (Wildman–Crippen MR) is 106 cm³/mol. The molecule has 3 aromatic carbocycles. The lowest BCUT2D eigenvalue weighted by atomic mass is 10.2. The molecule has 6 heteroatoms. The zero-order valence-corrected chi connectivity index (χ0v) is 15.2. The van der Waals surface area contributed by atoms with Gasteiger partial charge in [0.25, 0.3) is 0 Å². The Morgan fingerprint density at radius 1 is 0.840 bits per heavy atom. The highest BCUT2D eigenvalue weighted by atomic mass is 35.5. The van der Waals surface area contributed by atoms with E-state index < -0.39 is 0 Å². The molecule has 0 aliphatic heterocycles. The molecule has 0 aliphatic carbocycles. The van der Waals surface area contributed by atoms with Gasteiger partial charge < -0.3 is 10.1 Å². The number of nitrogens with one attached hydrogen (secondary N) is 1. The quantitative estimate of drug-likeness (QED) is 0.404. The molecule has 0 radical (unpaired) electrons. The maximum Gasteiger partial charge on any atom is 0.153 e. The lowest BCUT2D eigenvalue weighted by Crippen LogP contribution is -1.95. The van der Waals surface area contributed by atoms with Gasteiger partial charge in [-0.25, -0.2) is 4.98 Å². The summed E-state index contributed by atoms with van der Waals surface area (Å²) < 4.78 is 7.11. The van der Waals surface area contributed by atoms with Crippen LogP contribution in [0.1, 0.15) is 0 Å². The van der Waals surface area contributed by atoms with Crippen LogP contribution < -0.4 is 10.1 Å². The summed E-state index contributed by atoms with van der Waals surface area (Å²) in [6.45, 7) is 0. The Labute approximate surface area is 158 Å². The standard InChI is InChI=1S/C19H12Cl2N2OS/c20-12-5-1-3-7-14(12)23-15-10-19-16(22-11-25-19)9-18(15)24-17-8-4-2-6-13(17)21/h1-11,23H. The minimum atomic E-state index is 0.546. The monoisotopic (exact) mass is 386 g/mol. The van der Waals surface area contributed by atoms with E-state index in [-0.39, 0.29) is 0 Å². The molecule has 0 bridgehead atoms.